The first kappa shape index (κ1) is 15.8. The highest BCUT2D eigenvalue weighted by atomic mass is 16.7. The molecule has 3 aliphatic rings. The molecule has 1 N–H and O–H groups in total. The monoisotopic (exact) mass is 355 g/mol. The molecule has 5 rings (SSSR count). The van der Waals surface area contributed by atoms with Crippen molar-refractivity contribution in [2.75, 3.05) is 34.3 Å². The average molecular weight is 355 g/mol. The van der Waals surface area contributed by atoms with Crippen LogP contribution in [0.2, 0.25) is 0 Å². The molecule has 0 saturated heterocycles. The van der Waals surface area contributed by atoms with Crippen LogP contribution in [0.3, 0.4) is 0 Å². The van der Waals surface area contributed by atoms with Crippen LogP contribution in [0.5, 0.6) is 23.0 Å². The highest BCUT2D eigenvalue weighted by Crippen LogP contribution is 2.52. The lowest BCUT2D eigenvalue weighted by Crippen LogP contribution is -3.15. The first-order valence-corrected chi connectivity index (χ1v) is 8.88. The maximum absolute atomic E-state index is 11.8. The van der Waals surface area contributed by atoms with Gasteiger partial charge in [-0.1, -0.05) is 0 Å². The van der Waals surface area contributed by atoms with Crippen LogP contribution in [-0.4, -0.2) is 34.3 Å². The highest BCUT2D eigenvalue weighted by molar-refractivity contribution is 5.84. The van der Waals surface area contributed by atoms with Crippen LogP contribution in [0, 0.1) is 0 Å². The third kappa shape index (κ3) is 2.06. The Hall–Kier alpha value is -2.44. The molecule has 2 aromatic carbocycles. The summed E-state index contributed by atoms with van der Waals surface area (Å²) in [5.74, 6) is 2.98. The first-order chi connectivity index (χ1) is 12.7. The van der Waals surface area contributed by atoms with Gasteiger partial charge in [0.25, 0.3) is 0 Å². The van der Waals surface area contributed by atoms with E-state index in [9.17, 15) is 5.11 Å². The van der Waals surface area contributed by atoms with Crippen molar-refractivity contribution < 1.29 is 29.0 Å². The van der Waals surface area contributed by atoms with E-state index in [0.717, 1.165) is 64.0 Å². The van der Waals surface area contributed by atoms with Gasteiger partial charge in [0.05, 0.1) is 20.8 Å². The zero-order chi connectivity index (χ0) is 17.8. The Bertz CT molecular complexity index is 895. The fourth-order valence-electron chi connectivity index (χ4n) is 4.63. The van der Waals surface area contributed by atoms with Gasteiger partial charge in [-0.3, -0.25) is 0 Å². The topological polar surface area (TPSA) is 64.4 Å². The van der Waals surface area contributed by atoms with E-state index >= 15 is 0 Å². The number of methoxy groups -OCH3 is 2. The number of rotatable bonds is 3. The van der Waals surface area contributed by atoms with Gasteiger partial charge in [0, 0.05) is 30.7 Å². The summed E-state index contributed by atoms with van der Waals surface area (Å²) in [6, 6.07) is 6.30. The molecule has 0 aromatic heterocycles. The number of ether oxygens (including phenoxy) is 4. The molecule has 1 aliphatic carbocycles. The largest absolute Gasteiger partial charge is 0.809 e. The number of hydrogen-bond acceptors (Lipinski definition) is 5. The number of quaternary nitrogens is 1. The Kier molecular flexibility index (Phi) is 3.52. The standard InChI is InChI=1S/C20H20NO5/c1-23-17-6-11-3-4-21(9-22)14-5-12-7-15-16(26-10-25-15)8-13(12)19(18(11)14)20(17)24-2/h6-8,14H,3-5,9-10H2,1-2H3/q-1/p+1. The lowest BCUT2D eigenvalue weighted by molar-refractivity contribution is -0.989. The third-order valence-corrected chi connectivity index (χ3v) is 5.83. The number of hydrogen-bond donors (Lipinski definition) is 1. The molecule has 2 atom stereocenters. The summed E-state index contributed by atoms with van der Waals surface area (Å²) < 4.78 is 22.5. The molecule has 0 fully saturated rings. The highest BCUT2D eigenvalue weighted by Gasteiger charge is 2.40. The third-order valence-electron chi connectivity index (χ3n) is 5.83. The molecule has 0 amide bonds. The van der Waals surface area contributed by atoms with Gasteiger partial charge in [-0.05, 0) is 34.9 Å². The SMILES string of the molecule is COc1cc2c3c(c1OC)-c1cc4c(cc1CC3[NH+](C[O-])CC2)OCO4. The lowest BCUT2D eigenvalue weighted by Gasteiger charge is -2.41. The van der Waals surface area contributed by atoms with Crippen LogP contribution in [-0.2, 0) is 12.8 Å². The van der Waals surface area contributed by atoms with E-state index in [1.807, 2.05) is 6.07 Å². The summed E-state index contributed by atoms with van der Waals surface area (Å²) in [6.07, 6.45) is 1.69. The second kappa shape index (κ2) is 5.79. The van der Waals surface area contributed by atoms with Crippen LogP contribution in [0.25, 0.3) is 11.1 Å². The predicted octanol–water partition coefficient (Wildman–Crippen LogP) is 0.456. The van der Waals surface area contributed by atoms with Crippen molar-refractivity contribution in [3.8, 4) is 34.1 Å². The molecule has 0 radical (unpaired) electrons. The van der Waals surface area contributed by atoms with Crippen molar-refractivity contribution >= 4 is 0 Å². The molecule has 0 saturated carbocycles. The molecule has 6 nitrogen and oxygen atoms in total. The summed E-state index contributed by atoms with van der Waals surface area (Å²) in [5.41, 5.74) is 5.77. The Balaban J connectivity index is 1.83. The molecule has 2 aliphatic heterocycles. The summed E-state index contributed by atoms with van der Waals surface area (Å²) in [7, 11) is 3.33. The van der Waals surface area contributed by atoms with Crippen LogP contribution in [0.15, 0.2) is 18.2 Å². The van der Waals surface area contributed by atoms with Crippen LogP contribution in [0.4, 0.5) is 0 Å². The molecule has 0 spiro atoms. The Morgan fingerprint density at radius 2 is 1.92 bits per heavy atom. The quantitative estimate of drug-likeness (QED) is 0.866. The first-order valence-electron chi connectivity index (χ1n) is 8.88. The van der Waals surface area contributed by atoms with E-state index < -0.39 is 0 Å². The van der Waals surface area contributed by atoms with E-state index in [1.165, 1.54) is 11.1 Å². The van der Waals surface area contributed by atoms with Crippen molar-refractivity contribution in [2.24, 2.45) is 0 Å². The van der Waals surface area contributed by atoms with E-state index in [1.54, 1.807) is 14.2 Å². The van der Waals surface area contributed by atoms with Gasteiger partial charge in [0.1, 0.15) is 6.04 Å². The zero-order valence-electron chi connectivity index (χ0n) is 14.9. The van der Waals surface area contributed by atoms with E-state index in [-0.39, 0.29) is 19.6 Å². The Morgan fingerprint density at radius 3 is 2.65 bits per heavy atom. The second-order valence-electron chi connectivity index (χ2n) is 6.98. The van der Waals surface area contributed by atoms with Gasteiger partial charge >= 0.3 is 0 Å². The molecular weight excluding hydrogens is 334 g/mol. The molecule has 0 bridgehead atoms. The Morgan fingerprint density at radius 1 is 1.12 bits per heavy atom. The van der Waals surface area contributed by atoms with Gasteiger partial charge in [0.2, 0.25) is 6.79 Å². The van der Waals surface area contributed by atoms with Crippen molar-refractivity contribution in [1.29, 1.82) is 0 Å². The maximum Gasteiger partial charge on any atom is 0.231 e. The van der Waals surface area contributed by atoms with Gasteiger partial charge in [-0.25, -0.2) is 0 Å². The second-order valence-corrected chi connectivity index (χ2v) is 6.98. The van der Waals surface area contributed by atoms with Crippen molar-refractivity contribution in [2.45, 2.75) is 18.9 Å². The minimum atomic E-state index is -0.127. The molecule has 2 unspecified atom stereocenters. The molecule has 6 heteroatoms. The normalized spacial score (nSPS) is 21.8. The number of benzene rings is 2. The average Bonchev–Trinajstić information content (AvgIpc) is 3.13. The molecular formula is C20H21NO5. The van der Waals surface area contributed by atoms with E-state index in [2.05, 4.69) is 12.1 Å². The minimum absolute atomic E-state index is 0.127. The van der Waals surface area contributed by atoms with Gasteiger partial charge in [0.15, 0.2) is 23.0 Å². The molecule has 26 heavy (non-hydrogen) atoms. The van der Waals surface area contributed by atoms with Crippen LogP contribution in [0.1, 0.15) is 22.7 Å². The molecule has 2 heterocycles. The summed E-state index contributed by atoms with van der Waals surface area (Å²) in [6.45, 7) is 0.959. The van der Waals surface area contributed by atoms with Crippen LogP contribution < -0.4 is 29.0 Å². The fourth-order valence-corrected chi connectivity index (χ4v) is 4.63. The van der Waals surface area contributed by atoms with Crippen LogP contribution >= 0.6 is 0 Å². The molecule has 136 valence electrons. The lowest BCUT2D eigenvalue weighted by atomic mass is 9.76. The van der Waals surface area contributed by atoms with Crippen molar-refractivity contribution in [3.05, 3.63) is 34.9 Å². The van der Waals surface area contributed by atoms with Gasteiger partial charge < -0.3 is 29.0 Å². The minimum Gasteiger partial charge on any atom is -0.809 e. The van der Waals surface area contributed by atoms with Gasteiger partial charge in [-0.15, -0.1) is 0 Å². The fraction of sp³-hybridized carbons (Fsp3) is 0.400. The van der Waals surface area contributed by atoms with Crippen molar-refractivity contribution in [3.63, 3.8) is 0 Å². The molecule has 2 aromatic rings. The Labute approximate surface area is 151 Å². The summed E-state index contributed by atoms with van der Waals surface area (Å²) >= 11 is 0. The van der Waals surface area contributed by atoms with E-state index in [0.29, 0.717) is 0 Å². The van der Waals surface area contributed by atoms with Gasteiger partial charge in [-0.2, -0.15) is 0 Å². The predicted molar refractivity (Wildman–Crippen MR) is 92.0 cm³/mol. The number of fused-ring (bicyclic) bond motifs is 3. The summed E-state index contributed by atoms with van der Waals surface area (Å²) in [4.78, 5) is 1.08. The zero-order valence-corrected chi connectivity index (χ0v) is 14.9. The van der Waals surface area contributed by atoms with Crippen molar-refractivity contribution in [1.82, 2.24) is 0 Å². The number of nitrogens with one attached hydrogen (secondary N) is 1. The smallest absolute Gasteiger partial charge is 0.231 e. The maximum atomic E-state index is 11.8. The van der Waals surface area contributed by atoms with E-state index in [4.69, 9.17) is 18.9 Å². The summed E-state index contributed by atoms with van der Waals surface area (Å²) in [5, 5.41) is 11.8.